The molecule has 0 saturated carbocycles. The molecule has 4 rings (SSSR count). The molecule has 3 N–H and O–H groups in total. The molecule has 2 aromatic rings. The molecule has 53 heavy (non-hydrogen) atoms. The van der Waals surface area contributed by atoms with E-state index in [1.807, 2.05) is 20.8 Å². The van der Waals surface area contributed by atoms with Crippen molar-refractivity contribution in [1.82, 2.24) is 34.9 Å². The van der Waals surface area contributed by atoms with Crippen LogP contribution in [0, 0.1) is 5.92 Å². The normalized spacial score (nSPS) is 17.5. The summed E-state index contributed by atoms with van der Waals surface area (Å²) >= 11 is 0. The van der Waals surface area contributed by atoms with Gasteiger partial charge in [-0.3, -0.25) is 19.6 Å². The Bertz CT molecular complexity index is 1660. The van der Waals surface area contributed by atoms with Crippen LogP contribution in [0.1, 0.15) is 68.7 Å². The quantitative estimate of drug-likeness (QED) is 0.325. The molecule has 2 unspecified atom stereocenters. The smallest absolute Gasteiger partial charge is 0.408 e. The van der Waals surface area contributed by atoms with E-state index in [9.17, 15) is 24.0 Å². The zero-order chi connectivity index (χ0) is 39.1. The van der Waals surface area contributed by atoms with Crippen LogP contribution in [0.2, 0.25) is 0 Å². The lowest BCUT2D eigenvalue weighted by molar-refractivity contribution is -0.138. The molecule has 0 radical (unpaired) electrons. The summed E-state index contributed by atoms with van der Waals surface area (Å²) in [6.07, 6.45) is 1.44. The number of ether oxygens (including phenoxy) is 3. The van der Waals surface area contributed by atoms with Crippen molar-refractivity contribution in [1.29, 1.82) is 0 Å². The number of carbonyl (C=O) groups excluding carboxylic acids is 4. The largest absolute Gasteiger partial charge is 0.492 e. The Kier molecular flexibility index (Phi) is 13.0. The molecule has 292 valence electrons. The number of carbonyl (C=O) groups is 4. The van der Waals surface area contributed by atoms with Crippen LogP contribution in [0.4, 0.5) is 20.2 Å². The second-order valence-corrected chi connectivity index (χ2v) is 16.1. The number of amides is 5. The number of rotatable bonds is 10. The van der Waals surface area contributed by atoms with Gasteiger partial charge in [-0.15, -0.1) is 0 Å². The molecule has 2 aliphatic heterocycles. The lowest BCUT2D eigenvalue weighted by Gasteiger charge is -2.38. The van der Waals surface area contributed by atoms with Crippen LogP contribution >= 0.6 is 0 Å². The number of benzene rings is 1. The van der Waals surface area contributed by atoms with E-state index in [0.29, 0.717) is 30.5 Å². The van der Waals surface area contributed by atoms with E-state index in [1.54, 1.807) is 76.0 Å². The van der Waals surface area contributed by atoms with Crippen LogP contribution in [0.15, 0.2) is 41.3 Å². The van der Waals surface area contributed by atoms with Gasteiger partial charge in [0.25, 0.3) is 0 Å². The number of alkyl carbamates (subject to hydrolysis) is 2. The third kappa shape index (κ3) is 12.4. The van der Waals surface area contributed by atoms with Gasteiger partial charge in [-0.1, -0.05) is 0 Å². The first kappa shape index (κ1) is 40.9. The third-order valence-electron chi connectivity index (χ3n) is 8.72. The van der Waals surface area contributed by atoms with Crippen molar-refractivity contribution in [3.8, 4) is 11.4 Å². The molecule has 0 aliphatic carbocycles. The fourth-order valence-electron chi connectivity index (χ4n) is 5.97. The standard InChI is InChI=1S/C37H56N8O8/c1-25(44-16-14-26(23-44)22-38-33(49)52-35(2,3)4)24-51-28-12-10-27(11-13-28)45-17-15-29(40-32(45)48)39-31(47)43-20-18-42(19-21-43)30(46)37(8,9)41-34(50)53-36(5,6)7/h10-13,15,17,25-26H,14,16,18-24H2,1-9H3,(H,38,49)(H,41,50)(H,39,40,47,48). The number of urea groups is 1. The molecule has 2 saturated heterocycles. The maximum atomic E-state index is 13.1. The van der Waals surface area contributed by atoms with Crippen molar-refractivity contribution in [2.75, 3.05) is 57.7 Å². The van der Waals surface area contributed by atoms with Gasteiger partial charge in [0.15, 0.2) is 0 Å². The minimum absolute atomic E-state index is 0.108. The van der Waals surface area contributed by atoms with Crippen molar-refractivity contribution in [3.05, 3.63) is 47.0 Å². The topological polar surface area (TPSA) is 177 Å². The number of piperazine rings is 1. The lowest BCUT2D eigenvalue weighted by Crippen LogP contribution is -2.60. The first-order chi connectivity index (χ1) is 24.7. The average Bonchev–Trinajstić information content (AvgIpc) is 3.54. The van der Waals surface area contributed by atoms with E-state index in [2.05, 4.69) is 32.8 Å². The highest BCUT2D eigenvalue weighted by molar-refractivity contribution is 5.90. The Morgan fingerprint density at radius 3 is 2.06 bits per heavy atom. The number of nitrogens with zero attached hydrogens (tertiary/aromatic N) is 5. The van der Waals surface area contributed by atoms with E-state index in [-0.39, 0.29) is 43.9 Å². The summed E-state index contributed by atoms with van der Waals surface area (Å²) in [7, 11) is 0. The first-order valence-corrected chi connectivity index (χ1v) is 18.1. The number of hydrogen-bond donors (Lipinski definition) is 3. The maximum absolute atomic E-state index is 13.1. The zero-order valence-corrected chi connectivity index (χ0v) is 32.5. The van der Waals surface area contributed by atoms with E-state index in [0.717, 1.165) is 19.5 Å². The number of anilines is 1. The molecule has 0 bridgehead atoms. The lowest BCUT2D eigenvalue weighted by atomic mass is 10.0. The Hall–Kier alpha value is -4.86. The minimum Gasteiger partial charge on any atom is -0.492 e. The molecule has 2 fully saturated rings. The molecular weight excluding hydrogens is 684 g/mol. The van der Waals surface area contributed by atoms with Gasteiger partial charge in [-0.05, 0) is 112 Å². The molecule has 5 amide bonds. The molecular formula is C37H56N8O8. The van der Waals surface area contributed by atoms with Crippen LogP contribution in [-0.4, -0.2) is 124 Å². The molecule has 0 spiro atoms. The molecule has 2 atom stereocenters. The molecule has 16 heteroatoms. The van der Waals surface area contributed by atoms with Crippen LogP contribution in [-0.2, 0) is 14.3 Å². The zero-order valence-electron chi connectivity index (χ0n) is 32.5. The first-order valence-electron chi connectivity index (χ1n) is 18.1. The summed E-state index contributed by atoms with van der Waals surface area (Å²) in [5, 5.41) is 8.17. The molecule has 1 aromatic carbocycles. The third-order valence-corrected chi connectivity index (χ3v) is 8.72. The summed E-state index contributed by atoms with van der Waals surface area (Å²) in [6.45, 7) is 20.0. The van der Waals surface area contributed by atoms with Gasteiger partial charge in [0.2, 0.25) is 5.91 Å². The van der Waals surface area contributed by atoms with E-state index < -0.39 is 40.6 Å². The molecule has 2 aliphatic rings. The fourth-order valence-corrected chi connectivity index (χ4v) is 5.97. The monoisotopic (exact) mass is 740 g/mol. The van der Waals surface area contributed by atoms with Gasteiger partial charge in [-0.25, -0.2) is 19.2 Å². The maximum Gasteiger partial charge on any atom is 0.408 e. The van der Waals surface area contributed by atoms with Crippen LogP contribution in [0.25, 0.3) is 5.69 Å². The van der Waals surface area contributed by atoms with E-state index >= 15 is 0 Å². The summed E-state index contributed by atoms with van der Waals surface area (Å²) in [5.41, 5.74) is -2.40. The van der Waals surface area contributed by atoms with Crippen molar-refractivity contribution in [3.63, 3.8) is 0 Å². The highest BCUT2D eigenvalue weighted by Gasteiger charge is 2.37. The summed E-state index contributed by atoms with van der Waals surface area (Å²) in [6, 6.07) is 8.39. The van der Waals surface area contributed by atoms with Gasteiger partial charge < -0.3 is 34.6 Å². The molecule has 1 aromatic heterocycles. The van der Waals surface area contributed by atoms with Crippen molar-refractivity contribution >= 4 is 29.9 Å². The number of nitrogens with one attached hydrogen (secondary N) is 3. The SMILES string of the molecule is CC(COc1ccc(-n2ccc(NC(=O)N3CCN(C(=O)C(C)(C)NC(=O)OC(C)(C)C)CC3)nc2=O)cc1)N1CCC(CNC(=O)OC(C)(C)C)C1. The molecule has 16 nitrogen and oxygen atoms in total. The van der Waals surface area contributed by atoms with Gasteiger partial charge >= 0.3 is 23.9 Å². The number of likely N-dealkylation sites (tertiary alicyclic amines) is 1. The Balaban J connectivity index is 1.21. The summed E-state index contributed by atoms with van der Waals surface area (Å²) < 4.78 is 18.0. The number of hydrogen-bond acceptors (Lipinski definition) is 10. The van der Waals surface area contributed by atoms with Gasteiger partial charge in [-0.2, -0.15) is 4.98 Å². The fraction of sp³-hybridized carbons (Fsp3) is 0.622. The van der Waals surface area contributed by atoms with Crippen molar-refractivity contribution in [2.45, 2.75) is 91.5 Å². The van der Waals surface area contributed by atoms with Gasteiger partial charge in [0.05, 0.1) is 5.69 Å². The van der Waals surface area contributed by atoms with Crippen molar-refractivity contribution in [2.24, 2.45) is 5.92 Å². The van der Waals surface area contributed by atoms with Crippen molar-refractivity contribution < 1.29 is 33.4 Å². The van der Waals surface area contributed by atoms with Gasteiger partial charge in [0.1, 0.15) is 34.9 Å². The Morgan fingerprint density at radius 1 is 0.849 bits per heavy atom. The highest BCUT2D eigenvalue weighted by Crippen LogP contribution is 2.21. The minimum atomic E-state index is -1.20. The second kappa shape index (κ2) is 16.9. The van der Waals surface area contributed by atoms with Crippen LogP contribution in [0.3, 0.4) is 0 Å². The predicted octanol–water partition coefficient (Wildman–Crippen LogP) is 3.83. The number of aromatic nitrogens is 2. The van der Waals surface area contributed by atoms with Crippen LogP contribution < -0.4 is 26.4 Å². The second-order valence-electron chi connectivity index (χ2n) is 16.1. The summed E-state index contributed by atoms with van der Waals surface area (Å²) in [4.78, 5) is 72.8. The van der Waals surface area contributed by atoms with Gasteiger partial charge in [0, 0.05) is 51.5 Å². The Morgan fingerprint density at radius 2 is 1.45 bits per heavy atom. The Labute approximate surface area is 311 Å². The van der Waals surface area contributed by atoms with E-state index in [1.165, 1.54) is 9.47 Å². The highest BCUT2D eigenvalue weighted by atomic mass is 16.6. The average molecular weight is 741 g/mol. The predicted molar refractivity (Wildman–Crippen MR) is 199 cm³/mol. The molecule has 3 heterocycles. The summed E-state index contributed by atoms with van der Waals surface area (Å²) in [5.74, 6) is 0.832. The van der Waals surface area contributed by atoms with E-state index in [4.69, 9.17) is 14.2 Å². The van der Waals surface area contributed by atoms with Crippen LogP contribution in [0.5, 0.6) is 5.75 Å².